The molecule has 4 N–H and O–H groups in total. The summed E-state index contributed by atoms with van der Waals surface area (Å²) >= 11 is 0. The first-order valence-electron chi connectivity index (χ1n) is 4.23. The van der Waals surface area contributed by atoms with E-state index in [2.05, 4.69) is 4.72 Å². The van der Waals surface area contributed by atoms with E-state index in [1.54, 1.807) is 0 Å². The zero-order valence-electron chi connectivity index (χ0n) is 7.76. The van der Waals surface area contributed by atoms with E-state index < -0.39 is 28.5 Å². The Balaban J connectivity index is 2.46. The van der Waals surface area contributed by atoms with Crippen LogP contribution in [0.2, 0.25) is 0 Å². The second-order valence-electron chi connectivity index (χ2n) is 3.53. The molecule has 0 aromatic carbocycles. The number of hydrogen-bond donors (Lipinski definition) is 3. The first-order chi connectivity index (χ1) is 6.68. The Bertz CT molecular complexity index is 323. The van der Waals surface area contributed by atoms with E-state index in [1.165, 1.54) is 4.72 Å². The van der Waals surface area contributed by atoms with E-state index in [4.69, 9.17) is 5.73 Å². The molecule has 0 radical (unpaired) electrons. The van der Waals surface area contributed by atoms with Crippen molar-refractivity contribution in [1.29, 1.82) is 0 Å². The number of nitrogens with two attached hydrogens (primary N) is 1. The van der Waals surface area contributed by atoms with Gasteiger partial charge in [-0.25, -0.2) is 0 Å². The maximum absolute atomic E-state index is 11.7. The minimum absolute atomic E-state index is 0.0833. The van der Waals surface area contributed by atoms with Gasteiger partial charge in [0.05, 0.1) is 0 Å². The summed E-state index contributed by atoms with van der Waals surface area (Å²) in [6.45, 7) is -1.50. The number of rotatable bonds is 5. The molecule has 1 aliphatic carbocycles. The fourth-order valence-electron chi connectivity index (χ4n) is 0.997. The predicted octanol–water partition coefficient (Wildman–Crippen LogP) is -0.536. The van der Waals surface area contributed by atoms with Crippen LogP contribution in [0.5, 0.6) is 0 Å². The van der Waals surface area contributed by atoms with Crippen molar-refractivity contribution in [3.05, 3.63) is 0 Å². The predicted molar refractivity (Wildman–Crippen MR) is 47.1 cm³/mol. The Hall–Kier alpha value is -0.380. The molecule has 15 heavy (non-hydrogen) atoms. The Kier molecular flexibility index (Phi) is 3.29. The van der Waals surface area contributed by atoms with Crippen molar-refractivity contribution in [1.82, 2.24) is 9.44 Å². The van der Waals surface area contributed by atoms with Crippen molar-refractivity contribution in [2.45, 2.75) is 24.6 Å². The molecule has 0 spiro atoms. The van der Waals surface area contributed by atoms with Crippen molar-refractivity contribution in [2.75, 3.05) is 13.1 Å². The summed E-state index contributed by atoms with van der Waals surface area (Å²) in [7, 11) is -4.12. The summed E-state index contributed by atoms with van der Waals surface area (Å²) in [5.74, 6) is 0. The topological polar surface area (TPSA) is 84.2 Å². The highest BCUT2D eigenvalue weighted by Gasteiger charge is 2.45. The molecule has 0 atom stereocenters. The van der Waals surface area contributed by atoms with Crippen molar-refractivity contribution in [2.24, 2.45) is 5.73 Å². The Labute approximate surface area is 85.4 Å². The van der Waals surface area contributed by atoms with Crippen LogP contribution < -0.4 is 15.2 Å². The highest BCUT2D eigenvalue weighted by molar-refractivity contribution is 7.87. The molecule has 1 fully saturated rings. The minimum Gasteiger partial charge on any atom is -0.329 e. The van der Waals surface area contributed by atoms with Gasteiger partial charge in [0.25, 0.3) is 10.2 Å². The van der Waals surface area contributed by atoms with E-state index in [9.17, 15) is 21.6 Å². The summed E-state index contributed by atoms with van der Waals surface area (Å²) < 4.78 is 61.0. The SMILES string of the molecule is NCC1(NS(=O)(=O)NCC(F)(F)F)CC1. The fraction of sp³-hybridized carbons (Fsp3) is 1.00. The van der Waals surface area contributed by atoms with E-state index in [1.807, 2.05) is 0 Å². The summed E-state index contributed by atoms with van der Waals surface area (Å²) in [5, 5.41) is 0. The zero-order valence-corrected chi connectivity index (χ0v) is 8.58. The highest BCUT2D eigenvalue weighted by atomic mass is 32.2. The monoisotopic (exact) mass is 247 g/mol. The van der Waals surface area contributed by atoms with Gasteiger partial charge in [-0.1, -0.05) is 0 Å². The molecule has 0 aliphatic heterocycles. The van der Waals surface area contributed by atoms with Gasteiger partial charge in [0, 0.05) is 12.1 Å². The maximum Gasteiger partial charge on any atom is 0.402 e. The smallest absolute Gasteiger partial charge is 0.329 e. The van der Waals surface area contributed by atoms with Crippen LogP contribution in [0.1, 0.15) is 12.8 Å². The third-order valence-electron chi connectivity index (χ3n) is 2.06. The average Bonchev–Trinajstić information content (AvgIpc) is 2.81. The Morgan fingerprint density at radius 3 is 2.20 bits per heavy atom. The normalized spacial score (nSPS) is 20.3. The molecule has 0 unspecified atom stereocenters. The maximum atomic E-state index is 11.7. The van der Waals surface area contributed by atoms with Crippen molar-refractivity contribution < 1.29 is 21.6 Å². The molecule has 0 heterocycles. The molecule has 1 aliphatic rings. The first-order valence-corrected chi connectivity index (χ1v) is 5.72. The summed E-state index contributed by atoms with van der Waals surface area (Å²) in [5.41, 5.74) is 4.54. The van der Waals surface area contributed by atoms with E-state index in [0.717, 1.165) is 0 Å². The van der Waals surface area contributed by atoms with E-state index in [-0.39, 0.29) is 6.54 Å². The van der Waals surface area contributed by atoms with Crippen LogP contribution in [0.4, 0.5) is 13.2 Å². The highest BCUT2D eigenvalue weighted by Crippen LogP contribution is 2.34. The lowest BCUT2D eigenvalue weighted by Gasteiger charge is -2.16. The molecule has 1 rings (SSSR count). The molecule has 0 aromatic rings. The van der Waals surface area contributed by atoms with Gasteiger partial charge >= 0.3 is 6.18 Å². The molecule has 0 saturated heterocycles. The molecular weight excluding hydrogens is 235 g/mol. The van der Waals surface area contributed by atoms with Gasteiger partial charge in [-0.15, -0.1) is 0 Å². The van der Waals surface area contributed by atoms with Gasteiger partial charge in [-0.3, -0.25) is 0 Å². The standard InChI is InChI=1S/C6H12F3N3O2S/c7-6(8,9)4-11-15(13,14)12-5(3-10)1-2-5/h11-12H,1-4,10H2. The Morgan fingerprint density at radius 2 is 1.87 bits per heavy atom. The van der Waals surface area contributed by atoms with Crippen molar-refractivity contribution in [3.8, 4) is 0 Å². The van der Waals surface area contributed by atoms with Crippen LogP contribution in [0, 0.1) is 0 Å². The van der Waals surface area contributed by atoms with E-state index in [0.29, 0.717) is 12.8 Å². The van der Waals surface area contributed by atoms with Crippen LogP contribution in [0.15, 0.2) is 0 Å². The molecule has 0 bridgehead atoms. The van der Waals surface area contributed by atoms with Gasteiger partial charge < -0.3 is 5.73 Å². The summed E-state index contributed by atoms with van der Waals surface area (Å²) in [4.78, 5) is 0. The molecule has 1 saturated carbocycles. The van der Waals surface area contributed by atoms with Gasteiger partial charge in [0.2, 0.25) is 0 Å². The average molecular weight is 247 g/mol. The van der Waals surface area contributed by atoms with Gasteiger partial charge in [-0.2, -0.15) is 31.0 Å². The zero-order chi connectivity index (χ0) is 11.7. The van der Waals surface area contributed by atoms with Gasteiger partial charge in [-0.05, 0) is 12.8 Å². The van der Waals surface area contributed by atoms with E-state index >= 15 is 0 Å². The van der Waals surface area contributed by atoms with Crippen LogP contribution in [0.25, 0.3) is 0 Å². The molecule has 0 amide bonds. The third kappa shape index (κ3) is 4.33. The summed E-state index contributed by atoms with van der Waals surface area (Å²) in [6.07, 6.45) is -3.46. The molecule has 90 valence electrons. The lowest BCUT2D eigenvalue weighted by Crippen LogP contribution is -2.49. The summed E-state index contributed by atoms with van der Waals surface area (Å²) in [6, 6.07) is 0. The minimum atomic E-state index is -4.56. The molecule has 0 aromatic heterocycles. The van der Waals surface area contributed by atoms with Gasteiger partial charge in [0.15, 0.2) is 0 Å². The quantitative estimate of drug-likeness (QED) is 0.610. The Morgan fingerprint density at radius 1 is 1.33 bits per heavy atom. The third-order valence-corrected chi connectivity index (χ3v) is 3.28. The molecular formula is C6H12F3N3O2S. The second-order valence-corrected chi connectivity index (χ2v) is 5.03. The number of hydrogen-bond acceptors (Lipinski definition) is 3. The second kappa shape index (κ2) is 3.89. The number of nitrogens with one attached hydrogen (secondary N) is 2. The fourth-order valence-corrected chi connectivity index (χ4v) is 2.28. The molecule has 5 nitrogen and oxygen atoms in total. The largest absolute Gasteiger partial charge is 0.402 e. The first kappa shape index (κ1) is 12.7. The number of halogens is 3. The van der Waals surface area contributed by atoms with Crippen molar-refractivity contribution in [3.63, 3.8) is 0 Å². The van der Waals surface area contributed by atoms with Crippen LogP contribution in [-0.4, -0.2) is 33.2 Å². The lowest BCUT2D eigenvalue weighted by atomic mass is 10.3. The van der Waals surface area contributed by atoms with Crippen molar-refractivity contribution >= 4 is 10.2 Å². The molecule has 9 heteroatoms. The number of alkyl halides is 3. The van der Waals surface area contributed by atoms with Crippen LogP contribution in [0.3, 0.4) is 0 Å². The van der Waals surface area contributed by atoms with Gasteiger partial charge in [0.1, 0.15) is 6.54 Å². The van der Waals surface area contributed by atoms with Crippen LogP contribution in [-0.2, 0) is 10.2 Å². The lowest BCUT2D eigenvalue weighted by molar-refractivity contribution is -0.121. The van der Waals surface area contributed by atoms with Crippen LogP contribution >= 0.6 is 0 Å².